The number of rotatable bonds is 7. The van der Waals surface area contributed by atoms with Crippen molar-refractivity contribution in [1.82, 2.24) is 9.46 Å². The maximum atomic E-state index is 14.0. The first-order chi connectivity index (χ1) is 18.0. The number of anilines is 2. The van der Waals surface area contributed by atoms with Gasteiger partial charge in [0.2, 0.25) is 21.8 Å². The average Bonchev–Trinajstić information content (AvgIpc) is 3.25. The fourth-order valence-corrected chi connectivity index (χ4v) is 5.89. The second-order valence-electron chi connectivity index (χ2n) is 8.89. The first-order valence-electron chi connectivity index (χ1n) is 11.8. The van der Waals surface area contributed by atoms with Gasteiger partial charge >= 0.3 is 0 Å². The SMILES string of the molecule is CC(=O)Nc1ccc(NC(=O)C2CCN(S(=O)(=O)c3c(C)noc3C=Cc3ccc(F)cc3F)CC2)cc1. The minimum Gasteiger partial charge on any atom is -0.355 e. The van der Waals surface area contributed by atoms with E-state index in [1.54, 1.807) is 24.3 Å². The summed E-state index contributed by atoms with van der Waals surface area (Å²) < 4.78 is 60.5. The van der Waals surface area contributed by atoms with Gasteiger partial charge in [-0.3, -0.25) is 9.59 Å². The first kappa shape index (κ1) is 27.1. The van der Waals surface area contributed by atoms with Crippen LogP contribution in [0.1, 0.15) is 36.8 Å². The molecule has 2 heterocycles. The van der Waals surface area contributed by atoms with Gasteiger partial charge in [0.1, 0.15) is 17.3 Å². The molecule has 0 atom stereocenters. The predicted octanol–water partition coefficient (Wildman–Crippen LogP) is 4.43. The topological polar surface area (TPSA) is 122 Å². The summed E-state index contributed by atoms with van der Waals surface area (Å²) in [6.07, 6.45) is 3.18. The minimum atomic E-state index is -4.02. The molecule has 2 N–H and O–H groups in total. The number of benzene rings is 2. The van der Waals surface area contributed by atoms with Crippen LogP contribution >= 0.6 is 0 Å². The number of aryl methyl sites for hydroxylation is 1. The second-order valence-corrected chi connectivity index (χ2v) is 10.8. The molecule has 1 saturated heterocycles. The molecule has 0 spiro atoms. The van der Waals surface area contributed by atoms with Gasteiger partial charge in [0, 0.05) is 48.9 Å². The molecule has 0 bridgehead atoms. The summed E-state index contributed by atoms with van der Waals surface area (Å²) in [5.41, 5.74) is 1.37. The Morgan fingerprint density at radius 2 is 1.66 bits per heavy atom. The van der Waals surface area contributed by atoms with Crippen LogP contribution in [-0.2, 0) is 19.6 Å². The fourth-order valence-electron chi connectivity index (χ4n) is 4.17. The van der Waals surface area contributed by atoms with Gasteiger partial charge in [-0.2, -0.15) is 4.31 Å². The van der Waals surface area contributed by atoms with Crippen molar-refractivity contribution < 1.29 is 31.3 Å². The van der Waals surface area contributed by atoms with Gasteiger partial charge in [-0.15, -0.1) is 0 Å². The summed E-state index contributed by atoms with van der Waals surface area (Å²) in [7, 11) is -4.02. The smallest absolute Gasteiger partial charge is 0.248 e. The standard InChI is InChI=1S/C26H26F2N4O5S/c1-16-25(24(37-31-16)10-4-18-3-5-20(27)15-23(18)28)38(35,36)32-13-11-19(12-14-32)26(34)30-22-8-6-21(7-9-22)29-17(2)33/h3-10,15,19H,11-14H2,1-2H3,(H,29,33)(H,30,34). The van der Waals surface area contributed by atoms with Crippen molar-refractivity contribution in [2.45, 2.75) is 31.6 Å². The Morgan fingerprint density at radius 1 is 1.03 bits per heavy atom. The highest BCUT2D eigenvalue weighted by atomic mass is 32.2. The van der Waals surface area contributed by atoms with Gasteiger partial charge < -0.3 is 15.2 Å². The van der Waals surface area contributed by atoms with Gasteiger partial charge in [-0.05, 0) is 68.3 Å². The Hall–Kier alpha value is -3.90. The number of piperidine rings is 1. The molecular formula is C26H26F2N4O5S. The molecule has 4 rings (SSSR count). The van der Waals surface area contributed by atoms with Crippen molar-refractivity contribution in [2.24, 2.45) is 5.92 Å². The Morgan fingerprint density at radius 3 is 2.26 bits per heavy atom. The highest BCUT2D eigenvalue weighted by molar-refractivity contribution is 7.89. The van der Waals surface area contributed by atoms with E-state index in [2.05, 4.69) is 15.8 Å². The van der Waals surface area contributed by atoms with Crippen molar-refractivity contribution in [1.29, 1.82) is 0 Å². The van der Waals surface area contributed by atoms with Gasteiger partial charge in [-0.25, -0.2) is 17.2 Å². The van der Waals surface area contributed by atoms with E-state index < -0.39 is 21.7 Å². The number of aromatic nitrogens is 1. The lowest BCUT2D eigenvalue weighted by Gasteiger charge is -2.30. The van der Waals surface area contributed by atoms with E-state index in [1.807, 2.05) is 0 Å². The van der Waals surface area contributed by atoms with Crippen LogP contribution in [0.2, 0.25) is 0 Å². The van der Waals surface area contributed by atoms with Crippen LogP contribution in [0.25, 0.3) is 12.2 Å². The molecule has 9 nitrogen and oxygen atoms in total. The lowest BCUT2D eigenvalue weighted by molar-refractivity contribution is -0.121. The second kappa shape index (κ2) is 11.2. The van der Waals surface area contributed by atoms with Crippen LogP contribution in [-0.4, -0.2) is 42.8 Å². The van der Waals surface area contributed by atoms with E-state index in [9.17, 15) is 26.8 Å². The third-order valence-electron chi connectivity index (χ3n) is 6.11. The molecule has 1 aliphatic rings. The molecule has 38 heavy (non-hydrogen) atoms. The number of carbonyl (C=O) groups excluding carboxylic acids is 2. The normalized spacial score (nSPS) is 15.1. The number of halogens is 2. The summed E-state index contributed by atoms with van der Waals surface area (Å²) in [4.78, 5) is 23.8. The summed E-state index contributed by atoms with van der Waals surface area (Å²) in [6.45, 7) is 3.12. The number of sulfonamides is 1. The molecule has 2 aromatic carbocycles. The van der Waals surface area contributed by atoms with Crippen LogP contribution in [0.15, 0.2) is 51.9 Å². The Bertz CT molecular complexity index is 1480. The van der Waals surface area contributed by atoms with Crippen molar-refractivity contribution in [3.8, 4) is 0 Å². The molecule has 0 saturated carbocycles. The Balaban J connectivity index is 1.41. The minimum absolute atomic E-state index is 0.0559. The lowest BCUT2D eigenvalue weighted by atomic mass is 9.97. The van der Waals surface area contributed by atoms with E-state index in [4.69, 9.17) is 4.52 Å². The quantitative estimate of drug-likeness (QED) is 0.454. The molecule has 0 unspecified atom stereocenters. The molecule has 3 aromatic rings. The predicted molar refractivity (Wildman–Crippen MR) is 137 cm³/mol. The van der Waals surface area contributed by atoms with Gasteiger partial charge in [0.15, 0.2) is 10.7 Å². The average molecular weight is 545 g/mol. The van der Waals surface area contributed by atoms with Gasteiger partial charge in [-0.1, -0.05) is 5.16 Å². The lowest BCUT2D eigenvalue weighted by Crippen LogP contribution is -2.41. The summed E-state index contributed by atoms with van der Waals surface area (Å²) >= 11 is 0. The first-order valence-corrected chi connectivity index (χ1v) is 13.3. The summed E-state index contributed by atoms with van der Waals surface area (Å²) in [5.74, 6) is -2.41. The van der Waals surface area contributed by atoms with E-state index in [0.717, 1.165) is 12.1 Å². The van der Waals surface area contributed by atoms with E-state index in [-0.39, 0.29) is 52.7 Å². The monoisotopic (exact) mass is 544 g/mol. The third kappa shape index (κ3) is 6.14. The summed E-state index contributed by atoms with van der Waals surface area (Å²) in [6, 6.07) is 9.73. The largest absolute Gasteiger partial charge is 0.355 e. The van der Waals surface area contributed by atoms with Gasteiger partial charge in [0.05, 0.1) is 0 Å². The van der Waals surface area contributed by atoms with Crippen LogP contribution in [0.4, 0.5) is 20.2 Å². The molecular weight excluding hydrogens is 518 g/mol. The maximum Gasteiger partial charge on any atom is 0.248 e. The highest BCUT2D eigenvalue weighted by Crippen LogP contribution is 2.30. The molecule has 1 aliphatic heterocycles. The number of nitrogens with zero attached hydrogens (tertiary/aromatic N) is 2. The van der Waals surface area contributed by atoms with Crippen molar-refractivity contribution in [3.63, 3.8) is 0 Å². The molecule has 0 radical (unpaired) electrons. The maximum absolute atomic E-state index is 14.0. The van der Waals surface area contributed by atoms with Crippen molar-refractivity contribution in [3.05, 3.63) is 71.1 Å². The van der Waals surface area contributed by atoms with Crippen molar-refractivity contribution >= 4 is 45.4 Å². The van der Waals surface area contributed by atoms with Crippen LogP contribution in [0.3, 0.4) is 0 Å². The number of amides is 2. The van der Waals surface area contributed by atoms with E-state index >= 15 is 0 Å². The third-order valence-corrected chi connectivity index (χ3v) is 8.16. The number of hydrogen-bond donors (Lipinski definition) is 2. The Kier molecular flexibility index (Phi) is 8.02. The Labute approximate surface area is 218 Å². The molecule has 12 heteroatoms. The highest BCUT2D eigenvalue weighted by Gasteiger charge is 2.36. The van der Waals surface area contributed by atoms with E-state index in [1.165, 1.54) is 36.4 Å². The molecule has 1 fully saturated rings. The van der Waals surface area contributed by atoms with E-state index in [0.29, 0.717) is 24.2 Å². The van der Waals surface area contributed by atoms with Crippen molar-refractivity contribution in [2.75, 3.05) is 23.7 Å². The summed E-state index contributed by atoms with van der Waals surface area (Å²) in [5, 5.41) is 9.24. The van der Waals surface area contributed by atoms with Crippen LogP contribution < -0.4 is 10.6 Å². The van der Waals surface area contributed by atoms with Gasteiger partial charge in [0.25, 0.3) is 0 Å². The molecule has 1 aromatic heterocycles. The van der Waals surface area contributed by atoms with Crippen LogP contribution in [0, 0.1) is 24.5 Å². The molecule has 200 valence electrons. The number of hydrogen-bond acceptors (Lipinski definition) is 6. The zero-order chi connectivity index (χ0) is 27.4. The number of carbonyl (C=O) groups is 2. The zero-order valence-electron chi connectivity index (χ0n) is 20.7. The van der Waals surface area contributed by atoms with Crippen LogP contribution in [0.5, 0.6) is 0 Å². The zero-order valence-corrected chi connectivity index (χ0v) is 21.5. The molecule has 2 amide bonds. The fraction of sp³-hybridized carbons (Fsp3) is 0.269. The number of nitrogens with one attached hydrogen (secondary N) is 2. The molecule has 0 aliphatic carbocycles.